The number of likely N-dealkylation sites (N-methyl/N-ethyl adjacent to an activating group) is 1. The fraction of sp³-hybridized carbons (Fsp3) is 0.636. The van der Waals surface area contributed by atoms with Gasteiger partial charge >= 0.3 is 5.97 Å². The Hall–Kier alpha value is -1.72. The molecule has 0 aliphatic heterocycles. The Morgan fingerprint density at radius 1 is 1.19 bits per heavy atom. The molecule has 0 aliphatic rings. The molecule has 3 unspecified atom stereocenters. The van der Waals surface area contributed by atoms with Gasteiger partial charge in [-0.1, -0.05) is 51.5 Å². The van der Waals surface area contributed by atoms with Gasteiger partial charge < -0.3 is 15.8 Å². The lowest BCUT2D eigenvalue weighted by Gasteiger charge is -2.25. The molecule has 1 aromatic carbocycles. The first-order chi connectivity index (χ1) is 12.6. The second kappa shape index (κ2) is 10.6. The highest BCUT2D eigenvalue weighted by atomic mass is 16.5. The lowest BCUT2D eigenvalue weighted by molar-refractivity contribution is -0.145. The first kappa shape index (κ1) is 23.3. The molecule has 3 atom stereocenters. The summed E-state index contributed by atoms with van der Waals surface area (Å²) in [6, 6.07) is 7.54. The van der Waals surface area contributed by atoms with Crippen molar-refractivity contribution >= 4 is 11.8 Å². The molecule has 1 rings (SSSR count). The monoisotopic (exact) mass is 376 g/mol. The largest absolute Gasteiger partial charge is 0.461 e. The zero-order chi connectivity index (χ0) is 20.6. The van der Waals surface area contributed by atoms with E-state index in [1.165, 1.54) is 5.56 Å². The third kappa shape index (κ3) is 7.07. The summed E-state index contributed by atoms with van der Waals surface area (Å²) in [6.45, 7) is 10.5. The first-order valence-electron chi connectivity index (χ1n) is 9.85. The SMILES string of the molecule is CCC(C)C(C)c1ccc(COC(=O)CCC(N)C(=O)C(C)(C)NC)cc1. The van der Waals surface area contributed by atoms with E-state index >= 15 is 0 Å². The predicted octanol–water partition coefficient (Wildman–Crippen LogP) is 3.55. The third-order valence-electron chi connectivity index (χ3n) is 5.64. The number of hydrogen-bond acceptors (Lipinski definition) is 5. The van der Waals surface area contributed by atoms with Gasteiger partial charge in [-0.15, -0.1) is 0 Å². The smallest absolute Gasteiger partial charge is 0.306 e. The number of hydrogen-bond donors (Lipinski definition) is 2. The number of ether oxygens (including phenoxy) is 1. The van der Waals surface area contributed by atoms with Gasteiger partial charge in [0.1, 0.15) is 6.61 Å². The van der Waals surface area contributed by atoms with Crippen LogP contribution in [0.15, 0.2) is 24.3 Å². The van der Waals surface area contributed by atoms with Crippen LogP contribution in [0.3, 0.4) is 0 Å². The molecule has 0 saturated carbocycles. The van der Waals surface area contributed by atoms with Crippen LogP contribution in [0.5, 0.6) is 0 Å². The van der Waals surface area contributed by atoms with Crippen LogP contribution < -0.4 is 11.1 Å². The van der Waals surface area contributed by atoms with Crippen LogP contribution in [0.25, 0.3) is 0 Å². The van der Waals surface area contributed by atoms with Gasteiger partial charge in [0.25, 0.3) is 0 Å². The molecular formula is C22H36N2O3. The zero-order valence-corrected chi connectivity index (χ0v) is 17.7. The maximum absolute atomic E-state index is 12.2. The highest BCUT2D eigenvalue weighted by Crippen LogP contribution is 2.26. The molecule has 0 aliphatic carbocycles. The Kier molecular flexibility index (Phi) is 9.13. The summed E-state index contributed by atoms with van der Waals surface area (Å²) >= 11 is 0. The van der Waals surface area contributed by atoms with Gasteiger partial charge in [-0.3, -0.25) is 9.59 Å². The van der Waals surface area contributed by atoms with Gasteiger partial charge in [-0.25, -0.2) is 0 Å². The van der Waals surface area contributed by atoms with Crippen molar-refractivity contribution in [2.75, 3.05) is 7.05 Å². The Morgan fingerprint density at radius 2 is 1.78 bits per heavy atom. The van der Waals surface area contributed by atoms with Gasteiger partial charge in [0, 0.05) is 6.42 Å². The normalized spacial score (nSPS) is 15.1. The minimum atomic E-state index is -0.697. The highest BCUT2D eigenvalue weighted by molar-refractivity contribution is 5.92. The molecule has 0 aromatic heterocycles. The Balaban J connectivity index is 2.45. The first-order valence-corrected chi connectivity index (χ1v) is 9.85. The number of Topliss-reactive ketones (excluding diaryl/α,β-unsaturated/α-hetero) is 1. The fourth-order valence-corrected chi connectivity index (χ4v) is 2.83. The molecule has 3 N–H and O–H groups in total. The van der Waals surface area contributed by atoms with Crippen molar-refractivity contribution in [3.8, 4) is 0 Å². The van der Waals surface area contributed by atoms with E-state index in [9.17, 15) is 9.59 Å². The zero-order valence-electron chi connectivity index (χ0n) is 17.7. The molecule has 0 fully saturated rings. The quantitative estimate of drug-likeness (QED) is 0.577. The van der Waals surface area contributed by atoms with Crippen molar-refractivity contribution in [3.63, 3.8) is 0 Å². The molecule has 0 amide bonds. The van der Waals surface area contributed by atoms with Crippen LogP contribution >= 0.6 is 0 Å². The second-order valence-electron chi connectivity index (χ2n) is 7.96. The van der Waals surface area contributed by atoms with Crippen molar-refractivity contribution in [2.24, 2.45) is 11.7 Å². The Bertz CT molecular complexity index is 610. The standard InChI is InChI=1S/C22H36N2O3/c1-7-15(2)16(3)18-10-8-17(9-11-18)14-27-20(25)13-12-19(23)21(26)22(4,5)24-6/h8-11,15-16,19,24H,7,12-14,23H2,1-6H3. The van der Waals surface area contributed by atoms with E-state index in [2.05, 4.69) is 38.2 Å². The summed E-state index contributed by atoms with van der Waals surface area (Å²) in [5.74, 6) is 0.697. The molecule has 5 heteroatoms. The number of carbonyl (C=O) groups excluding carboxylic acids is 2. The van der Waals surface area contributed by atoms with Crippen LogP contribution in [-0.4, -0.2) is 30.4 Å². The van der Waals surface area contributed by atoms with Crippen LogP contribution in [0.2, 0.25) is 0 Å². The summed E-state index contributed by atoms with van der Waals surface area (Å²) in [5, 5.41) is 2.93. The van der Waals surface area contributed by atoms with Gasteiger partial charge in [0.15, 0.2) is 5.78 Å². The van der Waals surface area contributed by atoms with E-state index in [1.807, 2.05) is 12.1 Å². The van der Waals surface area contributed by atoms with Gasteiger partial charge in [-0.05, 0) is 50.3 Å². The predicted molar refractivity (Wildman–Crippen MR) is 109 cm³/mol. The Labute approximate surface area is 164 Å². The van der Waals surface area contributed by atoms with Crippen molar-refractivity contribution in [1.29, 1.82) is 0 Å². The third-order valence-corrected chi connectivity index (χ3v) is 5.64. The molecule has 152 valence electrons. The van der Waals surface area contributed by atoms with E-state index in [1.54, 1.807) is 20.9 Å². The van der Waals surface area contributed by atoms with Crippen molar-refractivity contribution in [2.45, 2.75) is 78.0 Å². The summed E-state index contributed by atoms with van der Waals surface area (Å²) < 4.78 is 5.32. The molecule has 0 saturated heterocycles. The molecule has 5 nitrogen and oxygen atoms in total. The van der Waals surface area contributed by atoms with Crippen molar-refractivity contribution in [3.05, 3.63) is 35.4 Å². The lowest BCUT2D eigenvalue weighted by Crippen LogP contribution is -2.52. The number of ketones is 1. The molecule has 27 heavy (non-hydrogen) atoms. The Morgan fingerprint density at radius 3 is 2.30 bits per heavy atom. The van der Waals surface area contributed by atoms with E-state index in [0.717, 1.165) is 12.0 Å². The fourth-order valence-electron chi connectivity index (χ4n) is 2.83. The van der Waals surface area contributed by atoms with Crippen molar-refractivity contribution in [1.82, 2.24) is 5.32 Å². The summed E-state index contributed by atoms with van der Waals surface area (Å²) in [4.78, 5) is 24.2. The van der Waals surface area contributed by atoms with E-state index in [-0.39, 0.29) is 31.2 Å². The molecule has 1 aromatic rings. The van der Waals surface area contributed by atoms with Gasteiger partial charge in [0.05, 0.1) is 11.6 Å². The summed E-state index contributed by atoms with van der Waals surface area (Å²) in [5.41, 5.74) is 7.48. The molecular weight excluding hydrogens is 340 g/mol. The summed E-state index contributed by atoms with van der Waals surface area (Å²) in [7, 11) is 1.72. The van der Waals surface area contributed by atoms with Gasteiger partial charge in [0.2, 0.25) is 0 Å². The maximum Gasteiger partial charge on any atom is 0.306 e. The van der Waals surface area contributed by atoms with E-state index in [0.29, 0.717) is 11.8 Å². The van der Waals surface area contributed by atoms with Crippen LogP contribution in [0.1, 0.15) is 70.9 Å². The topological polar surface area (TPSA) is 81.4 Å². The average molecular weight is 377 g/mol. The molecule has 0 heterocycles. The highest BCUT2D eigenvalue weighted by Gasteiger charge is 2.30. The number of nitrogens with two attached hydrogens (primary N) is 1. The number of benzene rings is 1. The van der Waals surface area contributed by atoms with E-state index in [4.69, 9.17) is 10.5 Å². The minimum Gasteiger partial charge on any atom is -0.461 e. The van der Waals surface area contributed by atoms with Gasteiger partial charge in [-0.2, -0.15) is 0 Å². The average Bonchev–Trinajstić information content (AvgIpc) is 2.68. The van der Waals surface area contributed by atoms with E-state index < -0.39 is 11.6 Å². The molecule has 0 radical (unpaired) electrons. The maximum atomic E-state index is 12.2. The second-order valence-corrected chi connectivity index (χ2v) is 7.96. The number of carbonyl (C=O) groups is 2. The molecule has 0 bridgehead atoms. The van der Waals surface area contributed by atoms with Crippen LogP contribution in [-0.2, 0) is 20.9 Å². The summed E-state index contributed by atoms with van der Waals surface area (Å²) in [6.07, 6.45) is 1.57. The number of rotatable bonds is 11. The number of esters is 1. The van der Waals surface area contributed by atoms with Crippen LogP contribution in [0.4, 0.5) is 0 Å². The van der Waals surface area contributed by atoms with Crippen LogP contribution in [0, 0.1) is 5.92 Å². The van der Waals surface area contributed by atoms with Crippen molar-refractivity contribution < 1.29 is 14.3 Å². The molecule has 0 spiro atoms. The lowest BCUT2D eigenvalue weighted by atomic mass is 9.87. The number of nitrogens with one attached hydrogen (secondary N) is 1. The minimum absolute atomic E-state index is 0.108.